The minimum Gasteiger partial charge on any atom is -0.386 e. The Balaban J connectivity index is 2.00. The van der Waals surface area contributed by atoms with Crippen molar-refractivity contribution in [2.24, 2.45) is 0 Å². The Morgan fingerprint density at radius 3 is 2.81 bits per heavy atom. The second-order valence-electron chi connectivity index (χ2n) is 6.59. The maximum absolute atomic E-state index is 12.7. The molecule has 3 rings (SSSR count). The molecule has 0 saturated carbocycles. The standard InChI is InChI=1S/C15H21N2O8P/c1-8(2)15-7-22-26(21,24-9(3)4)25-12(15)11(19)13(23-15)17-6-5-10(18)16-14(17)20/h5-6,9,11-13,19H,1,7H2,2-4H3,(H,16,18,20)/t11-,12+,13-,15+,26?/m1/s1. The molecular formula is C15H21N2O8P. The first-order chi connectivity index (χ1) is 12.1. The van der Waals surface area contributed by atoms with E-state index in [4.69, 9.17) is 18.3 Å². The van der Waals surface area contributed by atoms with E-state index in [2.05, 4.69) is 11.6 Å². The number of aromatic nitrogens is 2. The van der Waals surface area contributed by atoms with Crippen LogP contribution in [0.4, 0.5) is 0 Å². The molecule has 11 heteroatoms. The van der Waals surface area contributed by atoms with E-state index in [-0.39, 0.29) is 6.61 Å². The van der Waals surface area contributed by atoms with Crippen molar-refractivity contribution >= 4 is 7.82 Å². The zero-order valence-electron chi connectivity index (χ0n) is 14.6. The van der Waals surface area contributed by atoms with Crippen molar-refractivity contribution in [2.45, 2.75) is 50.9 Å². The summed E-state index contributed by atoms with van der Waals surface area (Å²) in [5.41, 5.74) is -2.22. The van der Waals surface area contributed by atoms with Crippen LogP contribution in [0.25, 0.3) is 0 Å². The first kappa shape index (κ1) is 19.2. The van der Waals surface area contributed by atoms with Gasteiger partial charge in [0.05, 0.1) is 12.7 Å². The molecule has 144 valence electrons. The maximum atomic E-state index is 12.7. The van der Waals surface area contributed by atoms with Gasteiger partial charge in [-0.2, -0.15) is 0 Å². The summed E-state index contributed by atoms with van der Waals surface area (Å²) < 4.78 is 35.6. The van der Waals surface area contributed by atoms with Gasteiger partial charge in [-0.3, -0.25) is 27.9 Å². The van der Waals surface area contributed by atoms with Crippen LogP contribution in [0.3, 0.4) is 0 Å². The molecule has 1 aromatic rings. The lowest BCUT2D eigenvalue weighted by Crippen LogP contribution is -2.51. The Labute approximate surface area is 149 Å². The monoisotopic (exact) mass is 388 g/mol. The fraction of sp³-hybridized carbons (Fsp3) is 0.600. The van der Waals surface area contributed by atoms with Gasteiger partial charge in [0.25, 0.3) is 5.56 Å². The first-order valence-corrected chi connectivity index (χ1v) is 9.49. The molecule has 2 aliphatic heterocycles. The molecule has 3 heterocycles. The molecule has 2 fully saturated rings. The molecule has 0 amide bonds. The van der Waals surface area contributed by atoms with Gasteiger partial charge in [-0.15, -0.1) is 0 Å². The van der Waals surface area contributed by atoms with Gasteiger partial charge in [0, 0.05) is 12.3 Å². The SMILES string of the molecule is C=C(C)[C@@]12COP(=O)(OC(C)C)O[C@H]1[C@@H](O)[C@H](n1ccc(=O)[nH]c1=O)O2. The average Bonchev–Trinajstić information content (AvgIpc) is 2.80. The largest absolute Gasteiger partial charge is 0.475 e. The van der Waals surface area contributed by atoms with Crippen molar-refractivity contribution in [3.8, 4) is 0 Å². The van der Waals surface area contributed by atoms with Gasteiger partial charge in [0.15, 0.2) is 6.23 Å². The van der Waals surface area contributed by atoms with Gasteiger partial charge >= 0.3 is 13.5 Å². The predicted octanol–water partition coefficient (Wildman–Crippen LogP) is 0.690. The average molecular weight is 388 g/mol. The van der Waals surface area contributed by atoms with Crippen LogP contribution in [0.15, 0.2) is 34.0 Å². The summed E-state index contributed by atoms with van der Waals surface area (Å²) in [6, 6.07) is 1.12. The molecule has 2 aliphatic rings. The molecule has 2 saturated heterocycles. The lowest BCUT2D eigenvalue weighted by Gasteiger charge is -2.40. The van der Waals surface area contributed by atoms with Gasteiger partial charge in [-0.25, -0.2) is 9.36 Å². The second-order valence-corrected chi connectivity index (χ2v) is 8.16. The first-order valence-electron chi connectivity index (χ1n) is 8.03. The Morgan fingerprint density at radius 2 is 2.23 bits per heavy atom. The number of nitrogens with zero attached hydrogens (tertiary/aromatic N) is 1. The van der Waals surface area contributed by atoms with Crippen LogP contribution in [0.5, 0.6) is 0 Å². The van der Waals surface area contributed by atoms with Crippen LogP contribution in [0, 0.1) is 0 Å². The topological polar surface area (TPSA) is 129 Å². The number of nitrogens with one attached hydrogen (secondary N) is 1. The summed E-state index contributed by atoms with van der Waals surface area (Å²) in [5, 5.41) is 10.7. The lowest BCUT2D eigenvalue weighted by molar-refractivity contribution is -0.127. The van der Waals surface area contributed by atoms with Crippen molar-refractivity contribution in [1.82, 2.24) is 9.55 Å². The number of phosphoric ester groups is 1. The molecular weight excluding hydrogens is 367 g/mol. The number of ether oxygens (including phenoxy) is 1. The second kappa shape index (κ2) is 6.56. The van der Waals surface area contributed by atoms with E-state index < -0.39 is 49.2 Å². The van der Waals surface area contributed by atoms with Gasteiger partial charge in [0.2, 0.25) is 0 Å². The lowest BCUT2D eigenvalue weighted by atomic mass is 9.89. The van der Waals surface area contributed by atoms with E-state index in [0.717, 1.165) is 10.6 Å². The van der Waals surface area contributed by atoms with E-state index in [1.54, 1.807) is 20.8 Å². The minimum atomic E-state index is -3.92. The van der Waals surface area contributed by atoms with Crippen molar-refractivity contribution in [3.05, 3.63) is 45.3 Å². The van der Waals surface area contributed by atoms with Crippen LogP contribution >= 0.6 is 7.82 Å². The number of rotatable bonds is 4. The number of fused-ring (bicyclic) bond motifs is 1. The van der Waals surface area contributed by atoms with Gasteiger partial charge < -0.3 is 9.84 Å². The number of aliphatic hydroxyl groups is 1. The number of aliphatic hydroxyl groups excluding tert-OH is 1. The third kappa shape index (κ3) is 3.13. The van der Waals surface area contributed by atoms with Gasteiger partial charge in [0.1, 0.15) is 17.8 Å². The van der Waals surface area contributed by atoms with Crippen LogP contribution in [-0.2, 0) is 22.9 Å². The summed E-state index contributed by atoms with van der Waals surface area (Å²) in [7, 11) is -3.92. The molecule has 0 aliphatic carbocycles. The highest BCUT2D eigenvalue weighted by molar-refractivity contribution is 7.48. The molecule has 5 atom stereocenters. The zero-order chi connectivity index (χ0) is 19.3. The maximum Gasteiger partial charge on any atom is 0.475 e. The number of hydrogen-bond acceptors (Lipinski definition) is 8. The van der Waals surface area contributed by atoms with E-state index >= 15 is 0 Å². The Bertz CT molecular complexity index is 877. The molecule has 0 aromatic carbocycles. The highest BCUT2D eigenvalue weighted by atomic mass is 31.2. The Hall–Kier alpha value is -1.55. The fourth-order valence-corrected chi connectivity index (χ4v) is 4.63. The van der Waals surface area contributed by atoms with E-state index in [1.165, 1.54) is 6.20 Å². The van der Waals surface area contributed by atoms with E-state index in [9.17, 15) is 19.3 Å². The van der Waals surface area contributed by atoms with E-state index in [0.29, 0.717) is 5.57 Å². The summed E-state index contributed by atoms with van der Waals surface area (Å²) in [5.74, 6) is 0. The Kier molecular flexibility index (Phi) is 4.85. The molecule has 1 aromatic heterocycles. The smallest absolute Gasteiger partial charge is 0.386 e. The van der Waals surface area contributed by atoms with Crippen LogP contribution in [-0.4, -0.2) is 45.2 Å². The molecule has 0 bridgehead atoms. The number of H-pyrrole nitrogens is 1. The minimum absolute atomic E-state index is 0.233. The van der Waals surface area contributed by atoms with Crippen LogP contribution in [0.1, 0.15) is 27.0 Å². The number of aromatic amines is 1. The van der Waals surface area contributed by atoms with Crippen molar-refractivity contribution in [3.63, 3.8) is 0 Å². The predicted molar refractivity (Wildman–Crippen MR) is 89.6 cm³/mol. The Morgan fingerprint density at radius 1 is 1.54 bits per heavy atom. The molecule has 10 nitrogen and oxygen atoms in total. The summed E-state index contributed by atoms with van der Waals surface area (Å²) >= 11 is 0. The summed E-state index contributed by atoms with van der Waals surface area (Å²) in [6.45, 7) is 8.59. The van der Waals surface area contributed by atoms with Crippen LogP contribution in [0.2, 0.25) is 0 Å². The highest BCUT2D eigenvalue weighted by Gasteiger charge is 2.63. The van der Waals surface area contributed by atoms with Crippen molar-refractivity contribution in [2.75, 3.05) is 6.61 Å². The summed E-state index contributed by atoms with van der Waals surface area (Å²) in [4.78, 5) is 25.4. The van der Waals surface area contributed by atoms with E-state index in [1.807, 2.05) is 0 Å². The highest BCUT2D eigenvalue weighted by Crippen LogP contribution is 2.61. The number of hydrogen-bond donors (Lipinski definition) is 2. The number of phosphoric acid groups is 1. The van der Waals surface area contributed by atoms with Crippen molar-refractivity contribution in [1.29, 1.82) is 0 Å². The molecule has 0 spiro atoms. The molecule has 1 unspecified atom stereocenters. The summed E-state index contributed by atoms with van der Waals surface area (Å²) in [6.07, 6.45) is -2.96. The van der Waals surface area contributed by atoms with Gasteiger partial charge in [-0.1, -0.05) is 6.58 Å². The molecule has 0 radical (unpaired) electrons. The third-order valence-electron chi connectivity index (χ3n) is 4.26. The fourth-order valence-electron chi connectivity index (χ4n) is 3.01. The quantitative estimate of drug-likeness (QED) is 0.569. The van der Waals surface area contributed by atoms with Crippen molar-refractivity contribution < 1.29 is 28.0 Å². The molecule has 26 heavy (non-hydrogen) atoms. The van der Waals surface area contributed by atoms with Crippen LogP contribution < -0.4 is 11.2 Å². The third-order valence-corrected chi connectivity index (χ3v) is 5.87. The van der Waals surface area contributed by atoms with Gasteiger partial charge in [-0.05, 0) is 26.3 Å². The molecule has 2 N–H and O–H groups in total. The normalized spacial score (nSPS) is 36.9. The zero-order valence-corrected chi connectivity index (χ0v) is 15.5.